The van der Waals surface area contributed by atoms with E-state index in [0.29, 0.717) is 6.42 Å². The van der Waals surface area contributed by atoms with Gasteiger partial charge in [-0.2, -0.15) is 0 Å². The molecule has 0 aliphatic carbocycles. The van der Waals surface area contributed by atoms with E-state index in [4.69, 9.17) is 0 Å². The van der Waals surface area contributed by atoms with Crippen molar-refractivity contribution in [1.82, 2.24) is 15.5 Å². The van der Waals surface area contributed by atoms with Crippen LogP contribution in [0.3, 0.4) is 0 Å². The fourth-order valence-corrected chi connectivity index (χ4v) is 2.41. The second-order valence-corrected chi connectivity index (χ2v) is 5.55. The normalized spacial score (nSPS) is 18.2. The van der Waals surface area contributed by atoms with Crippen molar-refractivity contribution in [2.45, 2.75) is 46.1 Å². The molecule has 1 rings (SSSR count). The lowest BCUT2D eigenvalue weighted by molar-refractivity contribution is -0.121. The topological polar surface area (TPSA) is 44.4 Å². The van der Waals surface area contributed by atoms with Gasteiger partial charge in [-0.15, -0.1) is 0 Å². The van der Waals surface area contributed by atoms with Crippen LogP contribution in [0.1, 0.15) is 40.0 Å². The Bertz CT molecular complexity index is 235. The molecule has 0 saturated carbocycles. The molecule has 0 radical (unpaired) electrons. The van der Waals surface area contributed by atoms with Gasteiger partial charge in [-0.25, -0.2) is 0 Å². The Hall–Kier alpha value is -0.610. The third-order valence-corrected chi connectivity index (χ3v) is 3.57. The van der Waals surface area contributed by atoms with Crippen LogP contribution in [0.2, 0.25) is 0 Å². The van der Waals surface area contributed by atoms with Crippen molar-refractivity contribution in [3.05, 3.63) is 0 Å². The maximum Gasteiger partial charge on any atom is 0.221 e. The number of piperidine rings is 1. The van der Waals surface area contributed by atoms with E-state index >= 15 is 0 Å². The van der Waals surface area contributed by atoms with E-state index in [1.165, 1.54) is 32.5 Å². The predicted molar refractivity (Wildman–Crippen MR) is 75.6 cm³/mol. The second-order valence-electron chi connectivity index (χ2n) is 5.55. The zero-order valence-electron chi connectivity index (χ0n) is 12.2. The molecule has 1 amide bonds. The van der Waals surface area contributed by atoms with Crippen molar-refractivity contribution in [3.8, 4) is 0 Å². The van der Waals surface area contributed by atoms with Crippen molar-refractivity contribution < 1.29 is 4.79 Å². The smallest absolute Gasteiger partial charge is 0.221 e. The van der Waals surface area contributed by atoms with Gasteiger partial charge in [0.25, 0.3) is 0 Å². The molecule has 2 N–H and O–H groups in total. The lowest BCUT2D eigenvalue weighted by Crippen LogP contribution is -2.38. The fraction of sp³-hybridized carbons (Fsp3) is 0.929. The summed E-state index contributed by atoms with van der Waals surface area (Å²) in [5.41, 5.74) is 0. The molecule has 0 bridgehead atoms. The van der Waals surface area contributed by atoms with Crippen molar-refractivity contribution in [1.29, 1.82) is 0 Å². The zero-order chi connectivity index (χ0) is 13.4. The first kappa shape index (κ1) is 15.4. The zero-order valence-corrected chi connectivity index (χ0v) is 12.2. The third kappa shape index (κ3) is 6.36. The second kappa shape index (κ2) is 8.48. The number of nitrogens with one attached hydrogen (secondary N) is 2. The summed E-state index contributed by atoms with van der Waals surface area (Å²) >= 11 is 0. The summed E-state index contributed by atoms with van der Waals surface area (Å²) < 4.78 is 0. The number of carbonyl (C=O) groups is 1. The monoisotopic (exact) mass is 255 g/mol. The molecule has 0 aromatic heterocycles. The first-order valence-electron chi connectivity index (χ1n) is 7.34. The minimum Gasteiger partial charge on any atom is -0.354 e. The van der Waals surface area contributed by atoms with Gasteiger partial charge in [0.05, 0.1) is 0 Å². The Morgan fingerprint density at radius 2 is 2.00 bits per heavy atom. The molecule has 1 aliphatic rings. The molecular formula is C14H29N3O. The Kier molecular flexibility index (Phi) is 7.28. The Balaban J connectivity index is 2.00. The molecule has 106 valence electrons. The van der Waals surface area contributed by atoms with Gasteiger partial charge in [-0.1, -0.05) is 6.92 Å². The van der Waals surface area contributed by atoms with E-state index in [2.05, 4.69) is 22.5 Å². The Labute approximate surface area is 111 Å². The van der Waals surface area contributed by atoms with Crippen LogP contribution in [0.25, 0.3) is 0 Å². The number of likely N-dealkylation sites (tertiary alicyclic amines) is 1. The summed E-state index contributed by atoms with van der Waals surface area (Å²) in [5, 5.41) is 6.32. The summed E-state index contributed by atoms with van der Waals surface area (Å²) in [7, 11) is 0. The first-order chi connectivity index (χ1) is 8.61. The van der Waals surface area contributed by atoms with E-state index in [-0.39, 0.29) is 11.9 Å². The van der Waals surface area contributed by atoms with Gasteiger partial charge >= 0.3 is 0 Å². The highest BCUT2D eigenvalue weighted by molar-refractivity contribution is 5.76. The fourth-order valence-electron chi connectivity index (χ4n) is 2.41. The van der Waals surface area contributed by atoms with Crippen LogP contribution >= 0.6 is 0 Å². The average molecular weight is 255 g/mol. The van der Waals surface area contributed by atoms with Crippen LogP contribution in [-0.4, -0.2) is 49.6 Å². The van der Waals surface area contributed by atoms with Crippen LogP contribution in [0.15, 0.2) is 0 Å². The van der Waals surface area contributed by atoms with E-state index in [0.717, 1.165) is 19.0 Å². The molecule has 0 spiro atoms. The first-order valence-corrected chi connectivity index (χ1v) is 7.34. The summed E-state index contributed by atoms with van der Waals surface area (Å²) in [4.78, 5) is 13.9. The van der Waals surface area contributed by atoms with Crippen molar-refractivity contribution >= 4 is 5.91 Å². The number of carbonyl (C=O) groups excluding carboxylic acids is 1. The van der Waals surface area contributed by atoms with Crippen LogP contribution in [0.5, 0.6) is 0 Å². The van der Waals surface area contributed by atoms with E-state index in [1.807, 2.05) is 13.8 Å². The molecule has 1 aliphatic heterocycles. The third-order valence-electron chi connectivity index (χ3n) is 3.57. The van der Waals surface area contributed by atoms with Gasteiger partial charge in [0.15, 0.2) is 0 Å². The molecule has 4 heteroatoms. The number of nitrogens with zero attached hydrogens (tertiary/aromatic N) is 1. The number of amides is 1. The van der Waals surface area contributed by atoms with Gasteiger partial charge < -0.3 is 15.5 Å². The summed E-state index contributed by atoms with van der Waals surface area (Å²) in [6, 6.07) is 0.246. The maximum absolute atomic E-state index is 11.4. The van der Waals surface area contributed by atoms with Crippen molar-refractivity contribution in [2.75, 3.05) is 32.7 Å². The summed E-state index contributed by atoms with van der Waals surface area (Å²) in [5.74, 6) is 0.944. The standard InChI is InChI=1S/C14H29N3O/c1-4-17-9-6-13(7-10-17)11-15-8-5-14(18)16-12(2)3/h12-13,15H,4-11H2,1-3H3,(H,16,18). The number of rotatable bonds is 7. The van der Waals surface area contributed by atoms with E-state index in [1.54, 1.807) is 0 Å². The molecule has 0 unspecified atom stereocenters. The van der Waals surface area contributed by atoms with Crippen LogP contribution in [0.4, 0.5) is 0 Å². The summed E-state index contributed by atoms with van der Waals surface area (Å²) in [6.45, 7) is 11.7. The Morgan fingerprint density at radius 3 is 2.56 bits per heavy atom. The maximum atomic E-state index is 11.4. The number of hydrogen-bond donors (Lipinski definition) is 2. The molecule has 1 heterocycles. The summed E-state index contributed by atoms with van der Waals surface area (Å²) in [6.07, 6.45) is 3.17. The van der Waals surface area contributed by atoms with E-state index < -0.39 is 0 Å². The lowest BCUT2D eigenvalue weighted by atomic mass is 9.97. The highest BCUT2D eigenvalue weighted by Gasteiger charge is 2.17. The van der Waals surface area contributed by atoms with Crippen molar-refractivity contribution in [2.24, 2.45) is 5.92 Å². The van der Waals surface area contributed by atoms with Gasteiger partial charge in [0.2, 0.25) is 5.91 Å². The molecule has 0 aromatic rings. The minimum absolute atomic E-state index is 0.151. The van der Waals surface area contributed by atoms with Crippen LogP contribution < -0.4 is 10.6 Å². The van der Waals surface area contributed by atoms with Crippen molar-refractivity contribution in [3.63, 3.8) is 0 Å². The molecule has 0 atom stereocenters. The molecule has 1 saturated heterocycles. The van der Waals surface area contributed by atoms with Gasteiger partial charge in [0.1, 0.15) is 0 Å². The lowest BCUT2D eigenvalue weighted by Gasteiger charge is -2.31. The largest absolute Gasteiger partial charge is 0.354 e. The molecule has 4 nitrogen and oxygen atoms in total. The molecule has 18 heavy (non-hydrogen) atoms. The van der Waals surface area contributed by atoms with Crippen LogP contribution in [-0.2, 0) is 4.79 Å². The highest BCUT2D eigenvalue weighted by Crippen LogP contribution is 2.15. The van der Waals surface area contributed by atoms with Gasteiger partial charge in [-0.3, -0.25) is 4.79 Å². The van der Waals surface area contributed by atoms with Gasteiger partial charge in [-0.05, 0) is 58.8 Å². The molecular weight excluding hydrogens is 226 g/mol. The Morgan fingerprint density at radius 1 is 1.33 bits per heavy atom. The number of hydrogen-bond acceptors (Lipinski definition) is 3. The van der Waals surface area contributed by atoms with E-state index in [9.17, 15) is 4.79 Å². The van der Waals surface area contributed by atoms with Crippen LogP contribution in [0, 0.1) is 5.92 Å². The highest BCUT2D eigenvalue weighted by atomic mass is 16.1. The molecule has 1 fully saturated rings. The predicted octanol–water partition coefficient (Wildman–Crippen LogP) is 1.22. The quantitative estimate of drug-likeness (QED) is 0.672. The van der Waals surface area contributed by atoms with Gasteiger partial charge in [0, 0.05) is 19.0 Å². The molecule has 0 aromatic carbocycles. The minimum atomic E-state index is 0.151. The SMILES string of the molecule is CCN1CCC(CNCCC(=O)NC(C)C)CC1. The average Bonchev–Trinajstić information content (AvgIpc) is 2.34.